The van der Waals surface area contributed by atoms with Gasteiger partial charge in [-0.3, -0.25) is 14.9 Å². The number of ether oxygens (including phenoxy) is 3. The van der Waals surface area contributed by atoms with Crippen LogP contribution >= 0.6 is 12.2 Å². The molecule has 9 nitrogen and oxygen atoms in total. The van der Waals surface area contributed by atoms with Gasteiger partial charge in [-0.25, -0.2) is 4.79 Å². The van der Waals surface area contributed by atoms with Crippen molar-refractivity contribution in [3.63, 3.8) is 0 Å². The van der Waals surface area contributed by atoms with Crippen LogP contribution in [0.25, 0.3) is 0 Å². The third-order valence-electron chi connectivity index (χ3n) is 2.74. The van der Waals surface area contributed by atoms with E-state index in [4.69, 9.17) is 27.4 Å². The molecule has 1 atom stereocenters. The fourth-order valence-corrected chi connectivity index (χ4v) is 1.72. The van der Waals surface area contributed by atoms with Gasteiger partial charge in [-0.1, -0.05) is 12.2 Å². The minimum Gasteiger partial charge on any atom is -0.450 e. The van der Waals surface area contributed by atoms with Crippen LogP contribution in [0.3, 0.4) is 0 Å². The highest BCUT2D eigenvalue weighted by Crippen LogP contribution is 2.13. The van der Waals surface area contributed by atoms with E-state index in [2.05, 4.69) is 4.74 Å². The van der Waals surface area contributed by atoms with Gasteiger partial charge < -0.3 is 19.9 Å². The van der Waals surface area contributed by atoms with Gasteiger partial charge in [-0.2, -0.15) is 0 Å². The van der Waals surface area contributed by atoms with Gasteiger partial charge in [0.15, 0.2) is 0 Å². The Kier molecular flexibility index (Phi) is 8.30. The second-order valence-corrected chi connectivity index (χ2v) is 4.96. The molecule has 0 aliphatic rings. The molecule has 1 aromatic carbocycles. The normalized spacial score (nSPS) is 11.3. The molecule has 0 saturated heterocycles. The van der Waals surface area contributed by atoms with Crippen molar-refractivity contribution in [1.29, 1.82) is 0 Å². The lowest BCUT2D eigenvalue weighted by Gasteiger charge is -2.14. The molecule has 0 radical (unpaired) electrons. The number of rotatable bonds is 11. The number of esters is 1. The average Bonchev–Trinajstić information content (AvgIpc) is 2.53. The number of nitro groups is 1. The van der Waals surface area contributed by atoms with Crippen LogP contribution in [0.15, 0.2) is 24.3 Å². The Morgan fingerprint density at radius 1 is 1.38 bits per heavy atom. The summed E-state index contributed by atoms with van der Waals surface area (Å²) in [5.74, 6) is -0.618. The van der Waals surface area contributed by atoms with E-state index in [9.17, 15) is 19.7 Å². The Bertz CT molecular complexity index is 591. The van der Waals surface area contributed by atoms with Crippen molar-refractivity contribution in [2.75, 3.05) is 19.8 Å². The maximum absolute atomic E-state index is 11.9. The van der Waals surface area contributed by atoms with E-state index in [0.717, 1.165) is 0 Å². The summed E-state index contributed by atoms with van der Waals surface area (Å²) in [7, 11) is 0. The van der Waals surface area contributed by atoms with Crippen molar-refractivity contribution >= 4 is 29.6 Å². The second-order valence-electron chi connectivity index (χ2n) is 4.52. The molecule has 10 heteroatoms. The first-order valence-electron chi connectivity index (χ1n) is 6.84. The number of hydrogen-bond acceptors (Lipinski definition) is 8. The van der Waals surface area contributed by atoms with Crippen molar-refractivity contribution in [2.24, 2.45) is 5.73 Å². The van der Waals surface area contributed by atoms with Gasteiger partial charge in [0.2, 0.25) is 12.6 Å². The largest absolute Gasteiger partial charge is 0.450 e. The molecule has 1 rings (SSSR count). The Labute approximate surface area is 142 Å². The quantitative estimate of drug-likeness (QED) is 0.114. The van der Waals surface area contributed by atoms with Crippen molar-refractivity contribution in [2.45, 2.75) is 12.5 Å². The molecule has 1 unspecified atom stereocenters. The topological polar surface area (TPSA) is 131 Å². The Morgan fingerprint density at radius 3 is 2.58 bits per heavy atom. The monoisotopic (exact) mass is 356 g/mol. The lowest BCUT2D eigenvalue weighted by molar-refractivity contribution is -0.481. The van der Waals surface area contributed by atoms with E-state index in [1.807, 2.05) is 0 Å². The van der Waals surface area contributed by atoms with Gasteiger partial charge >= 0.3 is 5.97 Å². The minimum absolute atomic E-state index is 0.0512. The maximum Gasteiger partial charge on any atom is 0.355 e. The SMILES string of the molecule is NC(=S)c1ccc(OC(=O)C(COCCC[N+](=O)[O-])OC=O)cc1. The first kappa shape index (κ1) is 19.5. The van der Waals surface area contributed by atoms with Crippen molar-refractivity contribution in [3.05, 3.63) is 39.9 Å². The zero-order valence-electron chi connectivity index (χ0n) is 12.6. The molecule has 24 heavy (non-hydrogen) atoms. The van der Waals surface area contributed by atoms with E-state index in [-0.39, 0.29) is 43.4 Å². The second kappa shape index (κ2) is 10.2. The van der Waals surface area contributed by atoms with Gasteiger partial charge in [0.05, 0.1) is 13.2 Å². The fraction of sp³-hybridized carbons (Fsp3) is 0.357. The lowest BCUT2D eigenvalue weighted by Crippen LogP contribution is -2.33. The summed E-state index contributed by atoms with van der Waals surface area (Å²) < 4.78 is 14.8. The predicted molar refractivity (Wildman–Crippen MR) is 86.2 cm³/mol. The zero-order chi connectivity index (χ0) is 17.9. The van der Waals surface area contributed by atoms with Crippen molar-refractivity contribution < 1.29 is 28.7 Å². The zero-order valence-corrected chi connectivity index (χ0v) is 13.4. The molecule has 0 heterocycles. The molecule has 0 fully saturated rings. The summed E-state index contributed by atoms with van der Waals surface area (Å²) in [5.41, 5.74) is 6.07. The number of carbonyl (C=O) groups excluding carboxylic acids is 2. The summed E-state index contributed by atoms with van der Waals surface area (Å²) in [5, 5.41) is 10.2. The Balaban J connectivity index is 2.51. The molecule has 0 saturated carbocycles. The van der Waals surface area contributed by atoms with Crippen LogP contribution in [0.4, 0.5) is 0 Å². The van der Waals surface area contributed by atoms with Crippen LogP contribution in [0, 0.1) is 10.1 Å². The van der Waals surface area contributed by atoms with Gasteiger partial charge in [0.1, 0.15) is 10.7 Å². The van der Waals surface area contributed by atoms with Crippen molar-refractivity contribution in [3.8, 4) is 5.75 Å². The molecule has 0 aliphatic heterocycles. The first-order valence-corrected chi connectivity index (χ1v) is 7.25. The van der Waals surface area contributed by atoms with Crippen LogP contribution in [-0.4, -0.2) is 48.2 Å². The third-order valence-corrected chi connectivity index (χ3v) is 2.97. The van der Waals surface area contributed by atoms with Crippen LogP contribution in [0.2, 0.25) is 0 Å². The summed E-state index contributed by atoms with van der Waals surface area (Å²) >= 11 is 4.81. The molecule has 0 bridgehead atoms. The number of nitrogens with zero attached hydrogens (tertiary/aromatic N) is 1. The fourth-order valence-electron chi connectivity index (χ4n) is 1.59. The molecule has 0 aliphatic carbocycles. The lowest BCUT2D eigenvalue weighted by atomic mass is 10.2. The van der Waals surface area contributed by atoms with E-state index >= 15 is 0 Å². The molecule has 1 aromatic rings. The smallest absolute Gasteiger partial charge is 0.355 e. The number of carbonyl (C=O) groups is 2. The van der Waals surface area contributed by atoms with Gasteiger partial charge in [-0.15, -0.1) is 0 Å². The van der Waals surface area contributed by atoms with Gasteiger partial charge in [0.25, 0.3) is 6.47 Å². The molecule has 0 aromatic heterocycles. The predicted octanol–water partition coefficient (Wildman–Crippen LogP) is 0.451. The van der Waals surface area contributed by atoms with Gasteiger partial charge in [0, 0.05) is 16.9 Å². The molecule has 2 N–H and O–H groups in total. The molecule has 130 valence electrons. The highest BCUT2D eigenvalue weighted by atomic mass is 32.1. The molecule has 0 amide bonds. The highest BCUT2D eigenvalue weighted by molar-refractivity contribution is 7.80. The standard InChI is InChI=1S/C14H16N2O7S/c15-13(24)10-2-4-11(5-3-10)23-14(18)12(22-9-17)8-21-7-1-6-16(19)20/h2-5,9,12H,1,6-8H2,(H2,15,24). The van der Waals surface area contributed by atoms with Crippen LogP contribution < -0.4 is 10.5 Å². The maximum atomic E-state index is 11.9. The van der Waals surface area contributed by atoms with E-state index in [1.165, 1.54) is 12.1 Å². The Hall–Kier alpha value is -2.59. The van der Waals surface area contributed by atoms with Crippen LogP contribution in [0.5, 0.6) is 5.75 Å². The molecular weight excluding hydrogens is 340 g/mol. The minimum atomic E-state index is -1.27. The summed E-state index contributed by atoms with van der Waals surface area (Å²) in [4.78, 5) is 32.3. The first-order chi connectivity index (χ1) is 11.4. The van der Waals surface area contributed by atoms with Gasteiger partial charge in [-0.05, 0) is 24.3 Å². The molecular formula is C14H16N2O7S. The molecule has 0 spiro atoms. The van der Waals surface area contributed by atoms with Crippen LogP contribution in [0.1, 0.15) is 12.0 Å². The Morgan fingerprint density at radius 2 is 2.04 bits per heavy atom. The average molecular weight is 356 g/mol. The third kappa shape index (κ3) is 7.11. The van der Waals surface area contributed by atoms with Crippen molar-refractivity contribution in [1.82, 2.24) is 0 Å². The summed E-state index contributed by atoms with van der Waals surface area (Å²) in [6.45, 7) is -0.364. The summed E-state index contributed by atoms with van der Waals surface area (Å²) in [6, 6.07) is 6.13. The van der Waals surface area contributed by atoms with E-state index in [0.29, 0.717) is 5.56 Å². The number of nitrogens with two attached hydrogens (primary N) is 1. The number of thiocarbonyl (C=S) groups is 1. The van der Waals surface area contributed by atoms with E-state index < -0.39 is 17.0 Å². The number of benzene rings is 1. The van der Waals surface area contributed by atoms with E-state index in [1.54, 1.807) is 12.1 Å². The van der Waals surface area contributed by atoms with Crippen LogP contribution in [-0.2, 0) is 19.1 Å². The number of hydrogen-bond donors (Lipinski definition) is 1. The summed E-state index contributed by atoms with van der Waals surface area (Å²) in [6.07, 6.45) is -1.09. The highest BCUT2D eigenvalue weighted by Gasteiger charge is 2.22.